The van der Waals surface area contributed by atoms with E-state index in [9.17, 15) is 4.79 Å². The third-order valence-corrected chi connectivity index (χ3v) is 4.57. The first-order valence-electron chi connectivity index (χ1n) is 8.63. The van der Waals surface area contributed by atoms with Gasteiger partial charge in [0.1, 0.15) is 0 Å². The number of amides is 2. The van der Waals surface area contributed by atoms with Gasteiger partial charge in [0.2, 0.25) is 0 Å². The van der Waals surface area contributed by atoms with Crippen LogP contribution in [0.2, 0.25) is 5.02 Å². The lowest BCUT2D eigenvalue weighted by molar-refractivity contribution is 0.0129. The summed E-state index contributed by atoms with van der Waals surface area (Å²) in [5.41, 5.74) is 0.918. The van der Waals surface area contributed by atoms with Crippen LogP contribution in [0, 0.1) is 5.92 Å². The molecule has 1 saturated heterocycles. The molecule has 1 heterocycles. The Morgan fingerprint density at radius 3 is 2.62 bits per heavy atom. The van der Waals surface area contributed by atoms with Crippen molar-refractivity contribution < 1.29 is 9.53 Å². The third kappa shape index (κ3) is 6.30. The average molecular weight is 354 g/mol. The molecule has 0 aromatic heterocycles. The van der Waals surface area contributed by atoms with Gasteiger partial charge in [0.05, 0.1) is 13.2 Å². The predicted molar refractivity (Wildman–Crippen MR) is 97.3 cm³/mol. The smallest absolute Gasteiger partial charge is 0.315 e. The lowest BCUT2D eigenvalue weighted by Crippen LogP contribution is -2.50. The number of hydrogen-bond donors (Lipinski definition) is 2. The van der Waals surface area contributed by atoms with E-state index in [1.807, 2.05) is 24.3 Å². The minimum absolute atomic E-state index is 0.156. The minimum atomic E-state index is -0.156. The van der Waals surface area contributed by atoms with Gasteiger partial charge in [-0.2, -0.15) is 0 Å². The standard InChI is InChI=1S/C18H28ClN3O2/c1-14(2)11-16(22-7-9-24-10-8-22)13-21-18(23)20-12-15-5-3-4-6-17(15)19/h3-6,14,16H,7-13H2,1-2H3,(H2,20,21,23). The molecule has 0 bridgehead atoms. The first-order chi connectivity index (χ1) is 11.6. The highest BCUT2D eigenvalue weighted by atomic mass is 35.5. The molecule has 2 rings (SSSR count). The largest absolute Gasteiger partial charge is 0.379 e. The van der Waals surface area contributed by atoms with Crippen molar-refractivity contribution >= 4 is 17.6 Å². The van der Waals surface area contributed by atoms with E-state index in [0.29, 0.717) is 30.1 Å². The van der Waals surface area contributed by atoms with Crippen LogP contribution in [0.25, 0.3) is 0 Å². The van der Waals surface area contributed by atoms with Crippen molar-refractivity contribution in [2.24, 2.45) is 5.92 Å². The van der Waals surface area contributed by atoms with E-state index in [2.05, 4.69) is 29.4 Å². The van der Waals surface area contributed by atoms with Crippen molar-refractivity contribution in [1.82, 2.24) is 15.5 Å². The molecule has 6 heteroatoms. The minimum Gasteiger partial charge on any atom is -0.379 e. The number of halogens is 1. The summed E-state index contributed by atoms with van der Waals surface area (Å²) in [6.45, 7) is 8.90. The van der Waals surface area contributed by atoms with Gasteiger partial charge < -0.3 is 15.4 Å². The summed E-state index contributed by atoms with van der Waals surface area (Å²) in [6.07, 6.45) is 1.06. The number of ether oxygens (including phenoxy) is 1. The van der Waals surface area contributed by atoms with Gasteiger partial charge in [0, 0.05) is 37.2 Å². The number of carbonyl (C=O) groups excluding carboxylic acids is 1. The zero-order valence-corrected chi connectivity index (χ0v) is 15.3. The molecule has 2 amide bonds. The molecule has 1 aliphatic rings. The molecule has 1 atom stereocenters. The molecule has 134 valence electrons. The molecule has 5 nitrogen and oxygen atoms in total. The molecule has 0 spiro atoms. The Hall–Kier alpha value is -1.30. The van der Waals surface area contributed by atoms with Crippen molar-refractivity contribution in [3.63, 3.8) is 0 Å². The summed E-state index contributed by atoms with van der Waals surface area (Å²) < 4.78 is 5.43. The molecule has 1 aliphatic heterocycles. The molecule has 2 N–H and O–H groups in total. The highest BCUT2D eigenvalue weighted by Crippen LogP contribution is 2.15. The summed E-state index contributed by atoms with van der Waals surface area (Å²) in [6, 6.07) is 7.73. The van der Waals surface area contributed by atoms with Crippen molar-refractivity contribution in [1.29, 1.82) is 0 Å². The topological polar surface area (TPSA) is 53.6 Å². The van der Waals surface area contributed by atoms with Gasteiger partial charge in [-0.15, -0.1) is 0 Å². The molecular formula is C18H28ClN3O2. The Kier molecular flexibility index (Phi) is 7.82. The zero-order valence-electron chi connectivity index (χ0n) is 14.6. The fourth-order valence-electron chi connectivity index (χ4n) is 2.94. The Balaban J connectivity index is 1.79. The number of morpholine rings is 1. The molecule has 1 fully saturated rings. The summed E-state index contributed by atoms with van der Waals surface area (Å²) in [5.74, 6) is 0.589. The van der Waals surface area contributed by atoms with Gasteiger partial charge in [-0.1, -0.05) is 43.6 Å². The molecule has 24 heavy (non-hydrogen) atoms. The van der Waals surface area contributed by atoms with E-state index in [0.717, 1.165) is 38.3 Å². The second-order valence-electron chi connectivity index (χ2n) is 6.59. The monoisotopic (exact) mass is 353 g/mol. The zero-order chi connectivity index (χ0) is 17.4. The summed E-state index contributed by atoms with van der Waals surface area (Å²) in [5, 5.41) is 6.54. The summed E-state index contributed by atoms with van der Waals surface area (Å²) >= 11 is 6.10. The van der Waals surface area contributed by atoms with E-state index < -0.39 is 0 Å². The number of benzene rings is 1. The van der Waals surface area contributed by atoms with Crippen LogP contribution in [0.5, 0.6) is 0 Å². The first-order valence-corrected chi connectivity index (χ1v) is 9.01. The highest BCUT2D eigenvalue weighted by Gasteiger charge is 2.22. The lowest BCUT2D eigenvalue weighted by atomic mass is 10.0. The van der Waals surface area contributed by atoms with Gasteiger partial charge in [0.25, 0.3) is 0 Å². The lowest BCUT2D eigenvalue weighted by Gasteiger charge is -2.35. The maximum atomic E-state index is 12.1. The van der Waals surface area contributed by atoms with Gasteiger partial charge in [-0.3, -0.25) is 4.90 Å². The second kappa shape index (κ2) is 9.87. The number of nitrogens with one attached hydrogen (secondary N) is 2. The van der Waals surface area contributed by atoms with Crippen LogP contribution in [0.1, 0.15) is 25.8 Å². The van der Waals surface area contributed by atoms with E-state index in [1.165, 1.54) is 0 Å². The molecule has 0 aliphatic carbocycles. The third-order valence-electron chi connectivity index (χ3n) is 4.20. The van der Waals surface area contributed by atoms with Crippen LogP contribution in [-0.2, 0) is 11.3 Å². The average Bonchev–Trinajstić information content (AvgIpc) is 2.58. The van der Waals surface area contributed by atoms with E-state index >= 15 is 0 Å². The number of nitrogens with zero attached hydrogens (tertiary/aromatic N) is 1. The Labute approximate surface area is 149 Å². The quantitative estimate of drug-likeness (QED) is 0.792. The van der Waals surface area contributed by atoms with Crippen LogP contribution in [-0.4, -0.2) is 49.8 Å². The van der Waals surface area contributed by atoms with Crippen molar-refractivity contribution in [3.8, 4) is 0 Å². The molecule has 0 radical (unpaired) electrons. The summed E-state index contributed by atoms with van der Waals surface area (Å²) in [4.78, 5) is 14.5. The van der Waals surface area contributed by atoms with Crippen LogP contribution in [0.4, 0.5) is 4.79 Å². The van der Waals surface area contributed by atoms with Crippen LogP contribution >= 0.6 is 11.6 Å². The highest BCUT2D eigenvalue weighted by molar-refractivity contribution is 6.31. The molecule has 0 saturated carbocycles. The Bertz CT molecular complexity index is 519. The van der Waals surface area contributed by atoms with Gasteiger partial charge >= 0.3 is 6.03 Å². The van der Waals surface area contributed by atoms with Crippen LogP contribution < -0.4 is 10.6 Å². The summed E-state index contributed by atoms with van der Waals surface area (Å²) in [7, 11) is 0. The molecule has 1 aromatic carbocycles. The number of urea groups is 1. The Morgan fingerprint density at radius 2 is 1.96 bits per heavy atom. The predicted octanol–water partition coefficient (Wildman–Crippen LogP) is 2.89. The van der Waals surface area contributed by atoms with Crippen molar-refractivity contribution in [2.45, 2.75) is 32.9 Å². The number of rotatable bonds is 7. The van der Waals surface area contributed by atoms with Crippen molar-refractivity contribution in [3.05, 3.63) is 34.9 Å². The fourth-order valence-corrected chi connectivity index (χ4v) is 3.14. The molecule has 1 aromatic rings. The van der Waals surface area contributed by atoms with Crippen molar-refractivity contribution in [2.75, 3.05) is 32.8 Å². The fraction of sp³-hybridized carbons (Fsp3) is 0.611. The number of carbonyl (C=O) groups is 1. The van der Waals surface area contributed by atoms with Crippen LogP contribution in [0.15, 0.2) is 24.3 Å². The maximum absolute atomic E-state index is 12.1. The van der Waals surface area contributed by atoms with E-state index in [-0.39, 0.29) is 6.03 Å². The van der Waals surface area contributed by atoms with Gasteiger partial charge in [0.15, 0.2) is 0 Å². The Morgan fingerprint density at radius 1 is 1.25 bits per heavy atom. The molecule has 1 unspecified atom stereocenters. The maximum Gasteiger partial charge on any atom is 0.315 e. The second-order valence-corrected chi connectivity index (χ2v) is 6.99. The van der Waals surface area contributed by atoms with Gasteiger partial charge in [-0.25, -0.2) is 4.79 Å². The normalized spacial score (nSPS) is 16.8. The van der Waals surface area contributed by atoms with E-state index in [1.54, 1.807) is 0 Å². The molecular weight excluding hydrogens is 326 g/mol. The van der Waals surface area contributed by atoms with E-state index in [4.69, 9.17) is 16.3 Å². The SMILES string of the molecule is CC(C)CC(CNC(=O)NCc1ccccc1Cl)N1CCOCC1. The van der Waals surface area contributed by atoms with Gasteiger partial charge in [-0.05, 0) is 24.0 Å². The van der Waals surface area contributed by atoms with Crippen LogP contribution in [0.3, 0.4) is 0 Å². The first kappa shape index (κ1) is 19.0. The number of hydrogen-bond acceptors (Lipinski definition) is 3.